The number of ether oxygens (including phenoxy) is 1. The van der Waals surface area contributed by atoms with E-state index in [1.54, 1.807) is 11.4 Å². The topological polar surface area (TPSA) is 94.3 Å². The van der Waals surface area contributed by atoms with Crippen molar-refractivity contribution in [2.24, 2.45) is 0 Å². The number of nitrogens with one attached hydrogen (secondary N) is 1. The first-order valence-corrected chi connectivity index (χ1v) is 8.19. The first-order chi connectivity index (χ1) is 9.42. The number of aromatic nitrogens is 1. The molecule has 0 aliphatic heterocycles. The average molecular weight is 334 g/mol. The summed E-state index contributed by atoms with van der Waals surface area (Å²) in [5.41, 5.74) is 6.04. The van der Waals surface area contributed by atoms with E-state index in [0.717, 1.165) is 0 Å². The molecule has 0 amide bonds. The number of methoxy groups -OCH3 is 1. The van der Waals surface area contributed by atoms with Gasteiger partial charge in [-0.25, -0.2) is 18.1 Å². The minimum atomic E-state index is -3.75. The summed E-state index contributed by atoms with van der Waals surface area (Å²) >= 11 is 7.07. The summed E-state index contributed by atoms with van der Waals surface area (Å²) in [5.74, 6) is 0.222. The van der Waals surface area contributed by atoms with E-state index in [2.05, 4.69) is 9.71 Å². The van der Waals surface area contributed by atoms with E-state index in [4.69, 9.17) is 22.1 Å². The van der Waals surface area contributed by atoms with Crippen LogP contribution in [0.1, 0.15) is 5.69 Å². The van der Waals surface area contributed by atoms with Gasteiger partial charge in [-0.2, -0.15) is 0 Å². The summed E-state index contributed by atoms with van der Waals surface area (Å²) in [7, 11) is -2.36. The van der Waals surface area contributed by atoms with Crippen LogP contribution in [-0.4, -0.2) is 20.5 Å². The highest BCUT2D eigenvalue weighted by Crippen LogP contribution is 2.27. The van der Waals surface area contributed by atoms with E-state index in [9.17, 15) is 8.42 Å². The second-order valence-corrected chi connectivity index (χ2v) is 6.86. The number of halogens is 1. The first kappa shape index (κ1) is 15.0. The van der Waals surface area contributed by atoms with Crippen LogP contribution in [0.2, 0.25) is 5.02 Å². The van der Waals surface area contributed by atoms with Crippen LogP contribution in [0.3, 0.4) is 0 Å². The summed E-state index contributed by atoms with van der Waals surface area (Å²) in [6.07, 6.45) is 0. The van der Waals surface area contributed by atoms with Crippen LogP contribution in [0.15, 0.2) is 28.5 Å². The number of hydrogen-bond donors (Lipinski definition) is 2. The molecule has 1 heterocycles. The van der Waals surface area contributed by atoms with Crippen molar-refractivity contribution >= 4 is 38.1 Å². The predicted molar refractivity (Wildman–Crippen MR) is 78.6 cm³/mol. The Bertz CT molecular complexity index is 715. The van der Waals surface area contributed by atoms with Crippen LogP contribution in [0.5, 0.6) is 5.75 Å². The molecule has 20 heavy (non-hydrogen) atoms. The molecule has 3 N–H and O–H groups in total. The van der Waals surface area contributed by atoms with Gasteiger partial charge in [-0.1, -0.05) is 11.6 Å². The van der Waals surface area contributed by atoms with Crippen molar-refractivity contribution < 1.29 is 13.2 Å². The van der Waals surface area contributed by atoms with Crippen LogP contribution >= 0.6 is 22.9 Å². The maximum absolute atomic E-state index is 12.2. The van der Waals surface area contributed by atoms with Gasteiger partial charge in [0.25, 0.3) is 0 Å². The summed E-state index contributed by atoms with van der Waals surface area (Å²) in [6.45, 7) is 0.0473. The number of nitrogens with zero attached hydrogens (tertiary/aromatic N) is 1. The minimum absolute atomic E-state index is 0.0179. The van der Waals surface area contributed by atoms with Crippen molar-refractivity contribution in [1.29, 1.82) is 0 Å². The summed E-state index contributed by atoms with van der Waals surface area (Å²) in [5, 5.41) is 2.39. The summed E-state index contributed by atoms with van der Waals surface area (Å²) in [6, 6.07) is 4.39. The van der Waals surface area contributed by atoms with Crippen LogP contribution in [-0.2, 0) is 16.6 Å². The van der Waals surface area contributed by atoms with Crippen molar-refractivity contribution in [3.8, 4) is 5.75 Å². The van der Waals surface area contributed by atoms with Crippen molar-refractivity contribution in [3.63, 3.8) is 0 Å². The van der Waals surface area contributed by atoms with Crippen molar-refractivity contribution in [2.75, 3.05) is 12.8 Å². The second kappa shape index (κ2) is 5.96. The second-order valence-electron chi connectivity index (χ2n) is 3.80. The molecule has 2 aromatic rings. The van der Waals surface area contributed by atoms with E-state index in [0.29, 0.717) is 15.8 Å². The van der Waals surface area contributed by atoms with E-state index >= 15 is 0 Å². The molecule has 2 rings (SSSR count). The van der Waals surface area contributed by atoms with Crippen LogP contribution in [0.25, 0.3) is 0 Å². The summed E-state index contributed by atoms with van der Waals surface area (Å²) in [4.78, 5) is 3.96. The van der Waals surface area contributed by atoms with Crippen molar-refractivity contribution in [3.05, 3.63) is 34.3 Å². The number of hydrogen-bond acceptors (Lipinski definition) is 6. The largest absolute Gasteiger partial charge is 0.495 e. The van der Waals surface area contributed by atoms with Gasteiger partial charge < -0.3 is 10.5 Å². The zero-order chi connectivity index (χ0) is 14.8. The van der Waals surface area contributed by atoms with E-state index in [1.807, 2.05) is 0 Å². The summed E-state index contributed by atoms with van der Waals surface area (Å²) < 4.78 is 31.9. The molecule has 6 nitrogen and oxygen atoms in total. The molecule has 0 spiro atoms. The lowest BCUT2D eigenvalue weighted by atomic mass is 10.3. The third-order valence-electron chi connectivity index (χ3n) is 2.43. The normalized spacial score (nSPS) is 11.5. The molecule has 0 fully saturated rings. The molecule has 0 unspecified atom stereocenters. The van der Waals surface area contributed by atoms with Gasteiger partial charge in [0, 0.05) is 10.4 Å². The van der Waals surface area contributed by atoms with Crippen molar-refractivity contribution in [1.82, 2.24) is 9.71 Å². The van der Waals surface area contributed by atoms with Crippen molar-refractivity contribution in [2.45, 2.75) is 11.4 Å². The SMILES string of the molecule is COc1ccc(Cl)cc1S(=O)(=O)NCc1csc(N)n1. The quantitative estimate of drug-likeness (QED) is 0.871. The molecule has 0 saturated carbocycles. The zero-order valence-corrected chi connectivity index (χ0v) is 12.8. The number of anilines is 1. The molecule has 0 bridgehead atoms. The van der Waals surface area contributed by atoms with Gasteiger partial charge in [-0.15, -0.1) is 11.3 Å². The van der Waals surface area contributed by atoms with Gasteiger partial charge in [-0.3, -0.25) is 0 Å². The maximum Gasteiger partial charge on any atom is 0.244 e. The monoisotopic (exact) mass is 333 g/mol. The average Bonchev–Trinajstić information content (AvgIpc) is 2.82. The van der Waals surface area contributed by atoms with Gasteiger partial charge >= 0.3 is 0 Å². The van der Waals surface area contributed by atoms with Gasteiger partial charge in [0.15, 0.2) is 5.13 Å². The lowest BCUT2D eigenvalue weighted by Gasteiger charge is -2.10. The maximum atomic E-state index is 12.2. The number of nitrogens with two attached hydrogens (primary N) is 1. The Morgan fingerprint density at radius 1 is 1.50 bits per heavy atom. The van der Waals surface area contributed by atoms with Gasteiger partial charge in [0.1, 0.15) is 10.6 Å². The highest BCUT2D eigenvalue weighted by atomic mass is 35.5. The Balaban J connectivity index is 2.24. The van der Waals surface area contributed by atoms with Crippen LogP contribution in [0.4, 0.5) is 5.13 Å². The molecular weight excluding hydrogens is 322 g/mol. The third kappa shape index (κ3) is 3.40. The lowest BCUT2D eigenvalue weighted by molar-refractivity contribution is 0.402. The molecular formula is C11H12ClN3O3S2. The first-order valence-electron chi connectivity index (χ1n) is 5.45. The Morgan fingerprint density at radius 2 is 2.25 bits per heavy atom. The fourth-order valence-corrected chi connectivity index (χ4v) is 3.50. The Kier molecular flexibility index (Phi) is 4.48. The molecule has 0 atom stereocenters. The fraction of sp³-hybridized carbons (Fsp3) is 0.182. The van der Waals surface area contributed by atoms with Crippen LogP contribution in [0, 0.1) is 0 Å². The van der Waals surface area contributed by atoms with E-state index in [1.165, 1.54) is 30.6 Å². The number of benzene rings is 1. The van der Waals surface area contributed by atoms with Crippen LogP contribution < -0.4 is 15.2 Å². The van der Waals surface area contributed by atoms with Gasteiger partial charge in [0.05, 0.1) is 19.3 Å². The lowest BCUT2D eigenvalue weighted by Crippen LogP contribution is -2.24. The predicted octanol–water partition coefficient (Wildman–Crippen LogP) is 1.87. The molecule has 108 valence electrons. The molecule has 0 aliphatic carbocycles. The molecule has 0 aliphatic rings. The highest BCUT2D eigenvalue weighted by Gasteiger charge is 2.20. The molecule has 1 aromatic heterocycles. The van der Waals surface area contributed by atoms with E-state index < -0.39 is 10.0 Å². The number of thiazole rings is 1. The van der Waals surface area contributed by atoms with E-state index in [-0.39, 0.29) is 17.2 Å². The van der Waals surface area contributed by atoms with Gasteiger partial charge in [0.2, 0.25) is 10.0 Å². The number of sulfonamides is 1. The molecule has 0 radical (unpaired) electrons. The minimum Gasteiger partial charge on any atom is -0.495 e. The molecule has 0 saturated heterocycles. The smallest absolute Gasteiger partial charge is 0.244 e. The standard InChI is InChI=1S/C11H12ClN3O3S2/c1-18-9-3-2-7(12)4-10(9)20(16,17)14-5-8-6-19-11(13)15-8/h2-4,6,14H,5H2,1H3,(H2,13,15). The Hall–Kier alpha value is -1.35. The molecule has 9 heteroatoms. The third-order valence-corrected chi connectivity index (χ3v) is 4.81. The van der Waals surface area contributed by atoms with Gasteiger partial charge in [-0.05, 0) is 18.2 Å². The zero-order valence-electron chi connectivity index (χ0n) is 10.5. The Labute approximate surface area is 125 Å². The number of rotatable bonds is 5. The molecule has 1 aromatic carbocycles. The highest BCUT2D eigenvalue weighted by molar-refractivity contribution is 7.89. The Morgan fingerprint density at radius 3 is 2.85 bits per heavy atom. The number of nitrogen functional groups attached to an aromatic ring is 1. The fourth-order valence-electron chi connectivity index (χ4n) is 1.51.